The van der Waals surface area contributed by atoms with E-state index in [1.54, 1.807) is 0 Å². The minimum atomic E-state index is 0.978. The smallest absolute Gasteiger partial charge is 0.0646 e. The molecule has 0 fully saturated rings. The summed E-state index contributed by atoms with van der Waals surface area (Å²) in [6.07, 6.45) is 4.99. The summed E-state index contributed by atoms with van der Waals surface area (Å²) in [4.78, 5) is 0. The molecule has 1 N–H and O–H groups in total. The molecule has 0 saturated carbocycles. The number of halogens is 1. The Kier molecular flexibility index (Phi) is 3.74. The van der Waals surface area contributed by atoms with E-state index in [0.29, 0.717) is 0 Å². The second kappa shape index (κ2) is 5.27. The predicted octanol–water partition coefficient (Wildman–Crippen LogP) is 2.40. The molecular weight excluding hydrogens is 266 g/mol. The Bertz CT molecular complexity index is 448. The van der Waals surface area contributed by atoms with Gasteiger partial charge in [0.05, 0.1) is 11.9 Å². The molecule has 0 unspecified atom stereocenters. The molecule has 0 radical (unpaired) electrons. The lowest BCUT2D eigenvalue weighted by molar-refractivity contribution is 0.791. The first-order valence-corrected chi connectivity index (χ1v) is 6.03. The van der Waals surface area contributed by atoms with Crippen LogP contribution in [0, 0.1) is 0 Å². The number of rotatable bonds is 4. The quantitative estimate of drug-likeness (QED) is 0.932. The molecule has 0 atom stereocenters. The Morgan fingerprint density at radius 1 is 1.31 bits per heavy atom. The van der Waals surface area contributed by atoms with Crippen molar-refractivity contribution in [3.05, 3.63) is 46.7 Å². The molecule has 0 aliphatic heterocycles. The summed E-state index contributed by atoms with van der Waals surface area (Å²) in [7, 11) is 1.96. The highest BCUT2D eigenvalue weighted by Gasteiger charge is 2.00. The first kappa shape index (κ1) is 11.4. The van der Waals surface area contributed by atoms with Gasteiger partial charge < -0.3 is 5.32 Å². The van der Waals surface area contributed by atoms with E-state index >= 15 is 0 Å². The van der Waals surface area contributed by atoms with Gasteiger partial charge in [0.15, 0.2) is 0 Å². The second-order valence-corrected chi connectivity index (χ2v) is 4.54. The van der Waals surface area contributed by atoms with E-state index in [1.807, 2.05) is 42.2 Å². The molecule has 4 heteroatoms. The second-order valence-electron chi connectivity index (χ2n) is 3.62. The maximum Gasteiger partial charge on any atom is 0.0646 e. The molecule has 84 valence electrons. The van der Waals surface area contributed by atoms with Crippen molar-refractivity contribution < 1.29 is 0 Å². The minimum absolute atomic E-state index is 0.978. The maximum atomic E-state index is 4.34. The third kappa shape index (κ3) is 2.71. The third-order valence-corrected chi connectivity index (χ3v) is 2.92. The zero-order chi connectivity index (χ0) is 11.4. The van der Waals surface area contributed by atoms with Gasteiger partial charge >= 0.3 is 0 Å². The molecule has 0 bridgehead atoms. The Labute approximate surface area is 104 Å². The van der Waals surface area contributed by atoms with Crippen LogP contribution in [0.4, 0.5) is 0 Å². The van der Waals surface area contributed by atoms with Crippen molar-refractivity contribution in [2.24, 2.45) is 0 Å². The van der Waals surface area contributed by atoms with Crippen molar-refractivity contribution in [2.45, 2.75) is 6.42 Å². The fraction of sp³-hybridized carbons (Fsp3) is 0.250. The fourth-order valence-corrected chi connectivity index (χ4v) is 1.76. The van der Waals surface area contributed by atoms with Gasteiger partial charge in [0, 0.05) is 10.7 Å². The van der Waals surface area contributed by atoms with Crippen LogP contribution in [0.15, 0.2) is 41.1 Å². The number of likely N-dealkylation sites (N-methyl/N-ethyl adjacent to an activating group) is 1. The van der Waals surface area contributed by atoms with Gasteiger partial charge in [-0.1, -0.05) is 15.9 Å². The Morgan fingerprint density at radius 3 is 2.75 bits per heavy atom. The number of aromatic nitrogens is 2. The maximum absolute atomic E-state index is 4.34. The Morgan fingerprint density at radius 2 is 2.06 bits per heavy atom. The Hall–Kier alpha value is -1.13. The normalized spacial score (nSPS) is 10.6. The summed E-state index contributed by atoms with van der Waals surface area (Å²) in [5, 5.41) is 7.47. The number of benzene rings is 1. The molecule has 1 heterocycles. The molecule has 3 nitrogen and oxygen atoms in total. The van der Waals surface area contributed by atoms with E-state index in [1.165, 1.54) is 5.56 Å². The topological polar surface area (TPSA) is 29.9 Å². The van der Waals surface area contributed by atoms with Crippen molar-refractivity contribution in [1.29, 1.82) is 0 Å². The van der Waals surface area contributed by atoms with Gasteiger partial charge in [0.2, 0.25) is 0 Å². The lowest BCUT2D eigenvalue weighted by atomic mass is 10.2. The predicted molar refractivity (Wildman–Crippen MR) is 68.9 cm³/mol. The van der Waals surface area contributed by atoms with Gasteiger partial charge in [-0.3, -0.25) is 0 Å². The van der Waals surface area contributed by atoms with Crippen molar-refractivity contribution in [1.82, 2.24) is 15.1 Å². The van der Waals surface area contributed by atoms with Gasteiger partial charge in [0.1, 0.15) is 0 Å². The standard InChI is InChI=1S/C12H14BrN3/c1-14-7-6-10-8-15-16(9-10)12-4-2-11(13)3-5-12/h2-5,8-9,14H,6-7H2,1H3. The molecule has 0 saturated heterocycles. The highest BCUT2D eigenvalue weighted by Crippen LogP contribution is 2.14. The minimum Gasteiger partial charge on any atom is -0.319 e. The van der Waals surface area contributed by atoms with Crippen LogP contribution < -0.4 is 5.32 Å². The monoisotopic (exact) mass is 279 g/mol. The van der Waals surface area contributed by atoms with Crippen molar-refractivity contribution in [3.63, 3.8) is 0 Å². The number of hydrogen-bond acceptors (Lipinski definition) is 2. The van der Waals surface area contributed by atoms with Crippen molar-refractivity contribution >= 4 is 15.9 Å². The third-order valence-electron chi connectivity index (χ3n) is 2.39. The molecule has 0 aliphatic carbocycles. The largest absolute Gasteiger partial charge is 0.319 e. The van der Waals surface area contributed by atoms with Gasteiger partial charge in [-0.25, -0.2) is 4.68 Å². The molecule has 16 heavy (non-hydrogen) atoms. The molecule has 2 rings (SSSR count). The van der Waals surface area contributed by atoms with Crippen LogP contribution in [0.25, 0.3) is 5.69 Å². The molecule has 0 aliphatic rings. The first-order chi connectivity index (χ1) is 7.79. The average Bonchev–Trinajstić information content (AvgIpc) is 2.76. The van der Waals surface area contributed by atoms with Crippen molar-refractivity contribution in [3.8, 4) is 5.69 Å². The lowest BCUT2D eigenvalue weighted by Crippen LogP contribution is -2.09. The zero-order valence-corrected chi connectivity index (χ0v) is 10.7. The van der Waals surface area contributed by atoms with Gasteiger partial charge in [-0.15, -0.1) is 0 Å². The lowest BCUT2D eigenvalue weighted by Gasteiger charge is -2.00. The number of nitrogens with one attached hydrogen (secondary N) is 1. The number of hydrogen-bond donors (Lipinski definition) is 1. The van der Waals surface area contributed by atoms with E-state index in [2.05, 4.69) is 32.5 Å². The van der Waals surface area contributed by atoms with E-state index in [9.17, 15) is 0 Å². The van der Waals surface area contributed by atoms with E-state index in [4.69, 9.17) is 0 Å². The average molecular weight is 280 g/mol. The van der Waals surface area contributed by atoms with Crippen LogP contribution in [0.3, 0.4) is 0 Å². The molecule has 2 aromatic rings. The first-order valence-electron chi connectivity index (χ1n) is 5.23. The summed E-state index contributed by atoms with van der Waals surface area (Å²) >= 11 is 3.42. The number of nitrogens with zero attached hydrogens (tertiary/aromatic N) is 2. The molecule has 0 spiro atoms. The molecular formula is C12H14BrN3. The van der Waals surface area contributed by atoms with E-state index in [0.717, 1.165) is 23.1 Å². The van der Waals surface area contributed by atoms with Gasteiger partial charge in [0.25, 0.3) is 0 Å². The van der Waals surface area contributed by atoms with Crippen LogP contribution in [-0.2, 0) is 6.42 Å². The SMILES string of the molecule is CNCCc1cnn(-c2ccc(Br)cc2)c1. The van der Waals surface area contributed by atoms with E-state index < -0.39 is 0 Å². The van der Waals surface area contributed by atoms with Crippen LogP contribution in [0.5, 0.6) is 0 Å². The van der Waals surface area contributed by atoms with Crippen LogP contribution >= 0.6 is 15.9 Å². The van der Waals surface area contributed by atoms with Crippen molar-refractivity contribution in [2.75, 3.05) is 13.6 Å². The molecule has 1 aromatic heterocycles. The van der Waals surface area contributed by atoms with Crippen LogP contribution in [0.1, 0.15) is 5.56 Å². The molecule has 0 amide bonds. The summed E-state index contributed by atoms with van der Waals surface area (Å²) in [6, 6.07) is 8.12. The highest BCUT2D eigenvalue weighted by atomic mass is 79.9. The summed E-state index contributed by atoms with van der Waals surface area (Å²) in [5.41, 5.74) is 2.33. The zero-order valence-electron chi connectivity index (χ0n) is 9.15. The Balaban J connectivity index is 2.15. The summed E-state index contributed by atoms with van der Waals surface area (Å²) in [5.74, 6) is 0. The molecule has 1 aromatic carbocycles. The van der Waals surface area contributed by atoms with Gasteiger partial charge in [-0.05, 0) is 49.8 Å². The van der Waals surface area contributed by atoms with Crippen LogP contribution in [0.2, 0.25) is 0 Å². The summed E-state index contributed by atoms with van der Waals surface area (Å²) in [6.45, 7) is 0.978. The summed E-state index contributed by atoms with van der Waals surface area (Å²) < 4.78 is 2.98. The van der Waals surface area contributed by atoms with Crippen LogP contribution in [-0.4, -0.2) is 23.4 Å². The van der Waals surface area contributed by atoms with E-state index in [-0.39, 0.29) is 0 Å². The van der Waals surface area contributed by atoms with Gasteiger partial charge in [-0.2, -0.15) is 5.10 Å². The highest BCUT2D eigenvalue weighted by molar-refractivity contribution is 9.10. The fourth-order valence-electron chi connectivity index (χ4n) is 1.49.